The zero-order valence-electron chi connectivity index (χ0n) is 5.71. The molecule has 1 rings (SSSR count). The standard InChI is InChI=1S/C6H13NO.ClH/c1-2-7-4-3-6(7)5-8;/h6,8H,2-5H2,1H3;1H/t6-;/m1./s1. The second kappa shape index (κ2) is 4.09. The van der Waals surface area contributed by atoms with E-state index in [-0.39, 0.29) is 12.4 Å². The Hall–Kier alpha value is 0.210. The zero-order valence-corrected chi connectivity index (χ0v) is 6.52. The number of likely N-dealkylation sites (tertiary alicyclic amines) is 1. The molecule has 0 radical (unpaired) electrons. The Kier molecular flexibility index (Phi) is 4.19. The van der Waals surface area contributed by atoms with Gasteiger partial charge in [0.2, 0.25) is 0 Å². The average molecular weight is 152 g/mol. The lowest BCUT2D eigenvalue weighted by Crippen LogP contribution is -2.49. The van der Waals surface area contributed by atoms with Crippen LogP contribution >= 0.6 is 12.4 Å². The number of halogens is 1. The fraction of sp³-hybridized carbons (Fsp3) is 1.00. The number of likely N-dealkylation sites (N-methyl/N-ethyl adjacent to an activating group) is 1. The van der Waals surface area contributed by atoms with Gasteiger partial charge in [-0.1, -0.05) is 6.92 Å². The van der Waals surface area contributed by atoms with Crippen LogP contribution in [-0.4, -0.2) is 35.7 Å². The summed E-state index contributed by atoms with van der Waals surface area (Å²) >= 11 is 0. The van der Waals surface area contributed by atoms with Crippen molar-refractivity contribution in [1.29, 1.82) is 0 Å². The predicted octanol–water partition coefficient (Wildman–Crippen LogP) is 0.495. The van der Waals surface area contributed by atoms with E-state index in [4.69, 9.17) is 5.11 Å². The molecule has 0 aromatic heterocycles. The van der Waals surface area contributed by atoms with E-state index in [0.717, 1.165) is 6.54 Å². The van der Waals surface area contributed by atoms with Crippen molar-refractivity contribution in [2.24, 2.45) is 0 Å². The molecule has 0 aromatic rings. The van der Waals surface area contributed by atoms with Crippen molar-refractivity contribution < 1.29 is 5.11 Å². The topological polar surface area (TPSA) is 23.5 Å². The third kappa shape index (κ3) is 1.81. The number of aliphatic hydroxyl groups is 1. The van der Waals surface area contributed by atoms with Crippen LogP contribution in [0, 0.1) is 0 Å². The average Bonchev–Trinajstić information content (AvgIpc) is 1.66. The molecule has 1 atom stereocenters. The third-order valence-corrected chi connectivity index (χ3v) is 1.88. The second-order valence-corrected chi connectivity index (χ2v) is 2.25. The molecule has 1 aliphatic heterocycles. The molecule has 0 amide bonds. The Morgan fingerprint density at radius 3 is 2.44 bits per heavy atom. The van der Waals surface area contributed by atoms with Crippen molar-refractivity contribution in [3.05, 3.63) is 0 Å². The summed E-state index contributed by atoms with van der Waals surface area (Å²) in [4.78, 5) is 2.28. The molecular formula is C6H14ClNO. The van der Waals surface area contributed by atoms with E-state index in [1.807, 2.05) is 0 Å². The molecule has 0 bridgehead atoms. The van der Waals surface area contributed by atoms with E-state index in [1.54, 1.807) is 0 Å². The minimum Gasteiger partial charge on any atom is -0.395 e. The second-order valence-electron chi connectivity index (χ2n) is 2.25. The van der Waals surface area contributed by atoms with Crippen molar-refractivity contribution >= 4 is 12.4 Å². The first kappa shape index (κ1) is 9.21. The lowest BCUT2D eigenvalue weighted by Gasteiger charge is -2.38. The molecule has 1 fully saturated rings. The summed E-state index contributed by atoms with van der Waals surface area (Å²) < 4.78 is 0. The molecule has 1 saturated heterocycles. The van der Waals surface area contributed by atoms with Crippen LogP contribution in [0.4, 0.5) is 0 Å². The molecule has 1 heterocycles. The van der Waals surface area contributed by atoms with Crippen LogP contribution < -0.4 is 0 Å². The van der Waals surface area contributed by atoms with Gasteiger partial charge in [0.05, 0.1) is 6.61 Å². The highest BCUT2D eigenvalue weighted by atomic mass is 35.5. The highest BCUT2D eigenvalue weighted by Gasteiger charge is 2.24. The summed E-state index contributed by atoms with van der Waals surface area (Å²) in [6, 6.07) is 0.486. The zero-order chi connectivity index (χ0) is 5.98. The van der Waals surface area contributed by atoms with Crippen molar-refractivity contribution in [3.63, 3.8) is 0 Å². The number of hydrogen-bond acceptors (Lipinski definition) is 2. The molecule has 0 saturated carbocycles. The highest BCUT2D eigenvalue weighted by Crippen LogP contribution is 2.14. The van der Waals surface area contributed by atoms with E-state index in [9.17, 15) is 0 Å². The van der Waals surface area contributed by atoms with E-state index < -0.39 is 0 Å². The number of aliphatic hydroxyl groups excluding tert-OH is 1. The first-order valence-electron chi connectivity index (χ1n) is 3.23. The number of hydrogen-bond donors (Lipinski definition) is 1. The van der Waals surface area contributed by atoms with Crippen LogP contribution in [0.1, 0.15) is 13.3 Å². The molecule has 0 spiro atoms. The largest absolute Gasteiger partial charge is 0.395 e. The first-order valence-corrected chi connectivity index (χ1v) is 3.23. The maximum absolute atomic E-state index is 8.65. The Labute approximate surface area is 62.3 Å². The van der Waals surface area contributed by atoms with E-state index >= 15 is 0 Å². The van der Waals surface area contributed by atoms with E-state index in [2.05, 4.69) is 11.8 Å². The summed E-state index contributed by atoms with van der Waals surface area (Å²) in [7, 11) is 0. The monoisotopic (exact) mass is 151 g/mol. The summed E-state index contributed by atoms with van der Waals surface area (Å²) in [6.07, 6.45) is 1.18. The molecule has 2 nitrogen and oxygen atoms in total. The Morgan fingerprint density at radius 2 is 2.33 bits per heavy atom. The Bertz CT molecular complexity index is 65.5. The van der Waals surface area contributed by atoms with Crippen LogP contribution in [0.15, 0.2) is 0 Å². The Morgan fingerprint density at radius 1 is 1.67 bits per heavy atom. The van der Waals surface area contributed by atoms with Gasteiger partial charge in [0.1, 0.15) is 0 Å². The van der Waals surface area contributed by atoms with Gasteiger partial charge < -0.3 is 5.11 Å². The quantitative estimate of drug-likeness (QED) is 0.621. The molecule has 3 heteroatoms. The van der Waals surface area contributed by atoms with Crippen LogP contribution in [0.3, 0.4) is 0 Å². The summed E-state index contributed by atoms with van der Waals surface area (Å²) in [6.45, 7) is 4.74. The fourth-order valence-corrected chi connectivity index (χ4v) is 1.12. The summed E-state index contributed by atoms with van der Waals surface area (Å²) in [5, 5.41) is 8.65. The number of rotatable bonds is 2. The van der Waals surface area contributed by atoms with Gasteiger partial charge in [-0.2, -0.15) is 0 Å². The van der Waals surface area contributed by atoms with Crippen LogP contribution in [0.2, 0.25) is 0 Å². The summed E-state index contributed by atoms with van der Waals surface area (Å²) in [5.41, 5.74) is 0. The fourth-order valence-electron chi connectivity index (χ4n) is 1.12. The number of nitrogens with zero attached hydrogens (tertiary/aromatic N) is 1. The van der Waals surface area contributed by atoms with Crippen molar-refractivity contribution in [2.45, 2.75) is 19.4 Å². The molecule has 1 N–H and O–H groups in total. The smallest absolute Gasteiger partial charge is 0.0587 e. The maximum atomic E-state index is 8.65. The van der Waals surface area contributed by atoms with Gasteiger partial charge >= 0.3 is 0 Å². The maximum Gasteiger partial charge on any atom is 0.0587 e. The molecule has 0 unspecified atom stereocenters. The van der Waals surface area contributed by atoms with Gasteiger partial charge in [-0.15, -0.1) is 12.4 Å². The van der Waals surface area contributed by atoms with Gasteiger partial charge in [0.15, 0.2) is 0 Å². The van der Waals surface area contributed by atoms with Crippen molar-refractivity contribution in [2.75, 3.05) is 19.7 Å². The van der Waals surface area contributed by atoms with Crippen molar-refractivity contribution in [3.8, 4) is 0 Å². The van der Waals surface area contributed by atoms with E-state index in [1.165, 1.54) is 13.0 Å². The van der Waals surface area contributed by atoms with Crippen LogP contribution in [0.25, 0.3) is 0 Å². The van der Waals surface area contributed by atoms with Crippen molar-refractivity contribution in [1.82, 2.24) is 4.90 Å². The highest BCUT2D eigenvalue weighted by molar-refractivity contribution is 5.85. The molecular weight excluding hydrogens is 138 g/mol. The molecule has 1 aliphatic rings. The van der Waals surface area contributed by atoms with Gasteiger partial charge in [-0.3, -0.25) is 4.90 Å². The molecule has 56 valence electrons. The van der Waals surface area contributed by atoms with Crippen LogP contribution in [-0.2, 0) is 0 Å². The summed E-state index contributed by atoms with van der Waals surface area (Å²) in [5.74, 6) is 0. The molecule has 0 aromatic carbocycles. The lowest BCUT2D eigenvalue weighted by atomic mass is 10.1. The normalized spacial score (nSPS) is 26.7. The lowest BCUT2D eigenvalue weighted by molar-refractivity contribution is 0.0476. The van der Waals surface area contributed by atoms with Gasteiger partial charge in [0, 0.05) is 12.6 Å². The molecule has 0 aliphatic carbocycles. The van der Waals surface area contributed by atoms with Crippen LogP contribution in [0.5, 0.6) is 0 Å². The van der Waals surface area contributed by atoms with Gasteiger partial charge in [-0.25, -0.2) is 0 Å². The minimum atomic E-state index is 0. The first-order chi connectivity index (χ1) is 3.88. The van der Waals surface area contributed by atoms with Gasteiger partial charge in [0.25, 0.3) is 0 Å². The Balaban J connectivity index is 0.000000640. The van der Waals surface area contributed by atoms with Gasteiger partial charge in [-0.05, 0) is 13.0 Å². The van der Waals surface area contributed by atoms with E-state index in [0.29, 0.717) is 12.6 Å². The molecule has 9 heavy (non-hydrogen) atoms. The predicted molar refractivity (Wildman–Crippen MR) is 40.0 cm³/mol. The minimum absolute atomic E-state index is 0. The third-order valence-electron chi connectivity index (χ3n) is 1.88. The SMILES string of the molecule is CCN1CC[C@@H]1CO.Cl.